The van der Waals surface area contributed by atoms with Gasteiger partial charge in [0.25, 0.3) is 5.91 Å². The molecule has 0 aliphatic heterocycles. The smallest absolute Gasteiger partial charge is 0.259 e. The fourth-order valence-corrected chi connectivity index (χ4v) is 2.05. The fourth-order valence-electron chi connectivity index (χ4n) is 1.65. The molecule has 2 rings (SSSR count). The van der Waals surface area contributed by atoms with Gasteiger partial charge in [0.05, 0.1) is 12.8 Å². The van der Waals surface area contributed by atoms with Gasteiger partial charge in [-0.25, -0.2) is 8.78 Å². The first-order chi connectivity index (χ1) is 8.99. The molecule has 6 heteroatoms. The van der Waals surface area contributed by atoms with Crippen LogP contribution in [0.3, 0.4) is 0 Å². The number of nitrogens with zero attached hydrogens (tertiary/aromatic N) is 1. The Morgan fingerprint density at radius 1 is 1.37 bits per heavy atom. The fraction of sp³-hybridized carbons (Fsp3) is 0.154. The molecule has 3 nitrogen and oxygen atoms in total. The minimum atomic E-state index is -0.900. The van der Waals surface area contributed by atoms with Crippen molar-refractivity contribution in [1.29, 1.82) is 0 Å². The summed E-state index contributed by atoms with van der Waals surface area (Å²) >= 11 is 2.96. The van der Waals surface area contributed by atoms with Gasteiger partial charge in [-0.3, -0.25) is 4.79 Å². The van der Waals surface area contributed by atoms with Crippen LogP contribution in [0.15, 0.2) is 39.4 Å². The second kappa shape index (κ2) is 5.52. The Morgan fingerprint density at radius 2 is 2.00 bits per heavy atom. The Kier molecular flexibility index (Phi) is 3.99. The average Bonchev–Trinajstić information content (AvgIpc) is 2.80. The van der Waals surface area contributed by atoms with Crippen molar-refractivity contribution in [2.24, 2.45) is 0 Å². The lowest BCUT2D eigenvalue weighted by Gasteiger charge is -2.16. The highest BCUT2D eigenvalue weighted by molar-refractivity contribution is 9.10. The highest BCUT2D eigenvalue weighted by Gasteiger charge is 2.22. The van der Waals surface area contributed by atoms with E-state index in [2.05, 4.69) is 15.9 Å². The number of carbonyl (C=O) groups excluding carboxylic acids is 1. The van der Waals surface area contributed by atoms with Crippen molar-refractivity contribution in [2.75, 3.05) is 7.05 Å². The van der Waals surface area contributed by atoms with Crippen LogP contribution in [0.4, 0.5) is 8.78 Å². The molecule has 0 spiro atoms. The third-order valence-electron chi connectivity index (χ3n) is 2.54. The van der Waals surface area contributed by atoms with Crippen molar-refractivity contribution in [3.8, 4) is 0 Å². The lowest BCUT2D eigenvalue weighted by atomic mass is 10.1. The van der Waals surface area contributed by atoms with E-state index in [1.165, 1.54) is 18.2 Å². The van der Waals surface area contributed by atoms with E-state index in [1.807, 2.05) is 0 Å². The molecule has 0 N–H and O–H groups in total. The van der Waals surface area contributed by atoms with Crippen molar-refractivity contribution in [2.45, 2.75) is 6.54 Å². The number of amides is 1. The first-order valence-corrected chi connectivity index (χ1v) is 6.20. The number of hydrogen-bond acceptors (Lipinski definition) is 2. The standard InChI is InChI=1S/C13H10BrF2NO2/c1-17(7-9-3-2-4-19-9)13(18)12-10(15)5-8(14)6-11(12)16/h2-6H,7H2,1H3. The predicted octanol–water partition coefficient (Wildman–Crippen LogP) is 3.59. The van der Waals surface area contributed by atoms with E-state index in [4.69, 9.17) is 4.42 Å². The van der Waals surface area contributed by atoms with E-state index in [9.17, 15) is 13.6 Å². The van der Waals surface area contributed by atoms with Crippen molar-refractivity contribution in [3.63, 3.8) is 0 Å². The molecule has 1 aromatic carbocycles. The van der Waals surface area contributed by atoms with E-state index in [0.717, 1.165) is 12.1 Å². The van der Waals surface area contributed by atoms with Gasteiger partial charge in [-0.05, 0) is 24.3 Å². The molecule has 0 bridgehead atoms. The highest BCUT2D eigenvalue weighted by atomic mass is 79.9. The van der Waals surface area contributed by atoms with Crippen LogP contribution in [0.1, 0.15) is 16.1 Å². The lowest BCUT2D eigenvalue weighted by molar-refractivity contribution is 0.0765. The molecule has 1 heterocycles. The minimum absolute atomic E-state index is 0.140. The maximum absolute atomic E-state index is 13.7. The van der Waals surface area contributed by atoms with E-state index in [1.54, 1.807) is 12.1 Å². The molecule has 0 aliphatic carbocycles. The predicted molar refractivity (Wildman–Crippen MR) is 68.6 cm³/mol. The third kappa shape index (κ3) is 3.01. The Morgan fingerprint density at radius 3 is 2.53 bits per heavy atom. The normalized spacial score (nSPS) is 10.5. The molecule has 0 atom stereocenters. The van der Waals surface area contributed by atoms with E-state index >= 15 is 0 Å². The summed E-state index contributed by atoms with van der Waals surface area (Å²) in [5.41, 5.74) is -0.572. The first kappa shape index (κ1) is 13.7. The van der Waals surface area contributed by atoms with Crippen molar-refractivity contribution < 1.29 is 18.0 Å². The SMILES string of the molecule is CN(Cc1ccco1)C(=O)c1c(F)cc(Br)cc1F. The quantitative estimate of drug-likeness (QED) is 0.862. The number of hydrogen-bond donors (Lipinski definition) is 0. The average molecular weight is 330 g/mol. The maximum Gasteiger partial charge on any atom is 0.259 e. The molecular weight excluding hydrogens is 320 g/mol. The van der Waals surface area contributed by atoms with Crippen molar-refractivity contribution >= 4 is 21.8 Å². The summed E-state index contributed by atoms with van der Waals surface area (Å²) in [4.78, 5) is 13.2. The zero-order valence-electron chi connectivity index (χ0n) is 9.99. The molecule has 0 unspecified atom stereocenters. The molecule has 0 aliphatic rings. The number of rotatable bonds is 3. The number of carbonyl (C=O) groups is 1. The molecule has 2 aromatic rings. The summed E-state index contributed by atoms with van der Waals surface area (Å²) in [6.45, 7) is 0.140. The minimum Gasteiger partial charge on any atom is -0.467 e. The summed E-state index contributed by atoms with van der Waals surface area (Å²) < 4.78 is 32.6. The summed E-state index contributed by atoms with van der Waals surface area (Å²) in [6, 6.07) is 5.46. The topological polar surface area (TPSA) is 33.5 Å². The van der Waals surface area contributed by atoms with Crippen LogP contribution in [-0.2, 0) is 6.54 Å². The molecular formula is C13H10BrF2NO2. The summed E-state index contributed by atoms with van der Waals surface area (Å²) in [7, 11) is 1.45. The van der Waals surface area contributed by atoms with Gasteiger partial charge in [0, 0.05) is 11.5 Å². The molecule has 1 amide bonds. The van der Waals surface area contributed by atoms with Gasteiger partial charge >= 0.3 is 0 Å². The van der Waals surface area contributed by atoms with Gasteiger partial charge in [0.15, 0.2) is 0 Å². The van der Waals surface area contributed by atoms with Gasteiger partial charge in [-0.1, -0.05) is 15.9 Å². The maximum atomic E-state index is 13.7. The van der Waals surface area contributed by atoms with Crippen molar-refractivity contribution in [3.05, 3.63) is 58.0 Å². The van der Waals surface area contributed by atoms with Gasteiger partial charge in [-0.15, -0.1) is 0 Å². The molecule has 19 heavy (non-hydrogen) atoms. The molecule has 0 radical (unpaired) electrons. The summed E-state index contributed by atoms with van der Waals surface area (Å²) in [5, 5.41) is 0. The van der Waals surface area contributed by atoms with E-state index in [0.29, 0.717) is 5.76 Å². The van der Waals surface area contributed by atoms with Gasteiger partial charge < -0.3 is 9.32 Å². The first-order valence-electron chi connectivity index (χ1n) is 5.41. The molecule has 0 fully saturated rings. The van der Waals surface area contributed by atoms with Crippen LogP contribution in [0.2, 0.25) is 0 Å². The van der Waals surface area contributed by atoms with Gasteiger partial charge in [0.1, 0.15) is 23.0 Å². The Bertz CT molecular complexity index is 576. The van der Waals surface area contributed by atoms with Crippen molar-refractivity contribution in [1.82, 2.24) is 4.90 Å². The zero-order chi connectivity index (χ0) is 14.0. The number of furan rings is 1. The van der Waals surface area contributed by atoms with Gasteiger partial charge in [0.2, 0.25) is 0 Å². The largest absolute Gasteiger partial charge is 0.467 e. The molecule has 1 aromatic heterocycles. The summed E-state index contributed by atoms with van der Waals surface area (Å²) in [5.74, 6) is -2.00. The Balaban J connectivity index is 2.24. The Hall–Kier alpha value is -1.69. The molecule has 0 saturated heterocycles. The van der Waals surface area contributed by atoms with Crippen LogP contribution in [0, 0.1) is 11.6 Å². The second-order valence-electron chi connectivity index (χ2n) is 3.99. The highest BCUT2D eigenvalue weighted by Crippen LogP contribution is 2.21. The number of halogens is 3. The van der Waals surface area contributed by atoms with E-state index in [-0.39, 0.29) is 11.0 Å². The lowest BCUT2D eigenvalue weighted by Crippen LogP contribution is -2.27. The second-order valence-corrected chi connectivity index (χ2v) is 4.90. The van der Waals surface area contributed by atoms with Crippen LogP contribution in [0.25, 0.3) is 0 Å². The monoisotopic (exact) mass is 329 g/mol. The summed E-state index contributed by atoms with van der Waals surface area (Å²) in [6.07, 6.45) is 1.47. The molecule has 100 valence electrons. The Labute approximate surface area is 116 Å². The van der Waals surface area contributed by atoms with Crippen LogP contribution < -0.4 is 0 Å². The van der Waals surface area contributed by atoms with Crippen LogP contribution >= 0.6 is 15.9 Å². The number of benzene rings is 1. The van der Waals surface area contributed by atoms with Crippen LogP contribution in [-0.4, -0.2) is 17.9 Å². The zero-order valence-corrected chi connectivity index (χ0v) is 11.6. The molecule has 0 saturated carbocycles. The van der Waals surface area contributed by atoms with Crippen LogP contribution in [0.5, 0.6) is 0 Å². The van der Waals surface area contributed by atoms with Gasteiger partial charge in [-0.2, -0.15) is 0 Å². The van der Waals surface area contributed by atoms with E-state index < -0.39 is 23.1 Å². The third-order valence-corrected chi connectivity index (χ3v) is 3.00.